The van der Waals surface area contributed by atoms with Crippen molar-refractivity contribution in [1.29, 1.82) is 0 Å². The predicted octanol–water partition coefficient (Wildman–Crippen LogP) is 3.76. The fraction of sp³-hybridized carbons (Fsp3) is 0.600. The Morgan fingerprint density at radius 1 is 1.10 bits per heavy atom. The van der Waals surface area contributed by atoms with Crippen molar-refractivity contribution in [2.75, 3.05) is 0 Å². The van der Waals surface area contributed by atoms with Gasteiger partial charge in [-0.15, -0.1) is 0 Å². The molecule has 0 aromatic heterocycles. The van der Waals surface area contributed by atoms with E-state index in [1.165, 1.54) is 0 Å². The van der Waals surface area contributed by atoms with Crippen LogP contribution in [0.15, 0.2) is 18.2 Å². The van der Waals surface area contributed by atoms with Crippen molar-refractivity contribution in [3.63, 3.8) is 0 Å². The number of benzene rings is 1. The molecular weight excluding hydrogens is 296 g/mol. The lowest BCUT2D eigenvalue weighted by Gasteiger charge is -2.32. The maximum absolute atomic E-state index is 13.3. The summed E-state index contributed by atoms with van der Waals surface area (Å²) in [6.07, 6.45) is -0.115. The second-order valence-electron chi connectivity index (χ2n) is 6.92. The molecule has 21 heavy (non-hydrogen) atoms. The molecule has 114 valence electrons. The molecule has 2 nitrogen and oxygen atoms in total. The van der Waals surface area contributed by atoms with Gasteiger partial charge in [0, 0.05) is 11.4 Å². The molecule has 0 radical (unpaired) electrons. The molecule has 1 aliphatic carbocycles. The van der Waals surface area contributed by atoms with Crippen LogP contribution in [0.5, 0.6) is 0 Å². The highest BCUT2D eigenvalue weighted by atomic mass is 35.5. The Morgan fingerprint density at radius 2 is 1.62 bits per heavy atom. The van der Waals surface area contributed by atoms with Gasteiger partial charge in [0.25, 0.3) is 5.92 Å². The van der Waals surface area contributed by atoms with Crippen LogP contribution in [0.25, 0.3) is 0 Å². The van der Waals surface area contributed by atoms with Crippen molar-refractivity contribution < 1.29 is 18.1 Å². The summed E-state index contributed by atoms with van der Waals surface area (Å²) >= 11 is 6.08. The molecule has 0 bridgehead atoms. The highest BCUT2D eigenvalue weighted by Gasteiger charge is 2.58. The van der Waals surface area contributed by atoms with Crippen LogP contribution in [0.1, 0.15) is 45.6 Å². The van der Waals surface area contributed by atoms with Gasteiger partial charge in [-0.25, -0.2) is 8.78 Å². The SMILES string of the molecule is CC1(C)OB(c2cc(Cl)cc(C3CC3(F)F)c2)OC1(C)C. The second kappa shape index (κ2) is 4.43. The summed E-state index contributed by atoms with van der Waals surface area (Å²) in [6, 6.07) is 5.04. The van der Waals surface area contributed by atoms with E-state index >= 15 is 0 Å². The molecule has 1 heterocycles. The maximum Gasteiger partial charge on any atom is 0.494 e. The zero-order chi connectivity index (χ0) is 15.6. The first-order valence-electron chi connectivity index (χ1n) is 7.06. The average molecular weight is 315 g/mol. The normalized spacial score (nSPS) is 28.7. The summed E-state index contributed by atoms with van der Waals surface area (Å²) in [5, 5.41) is 0.430. The number of hydrogen-bond donors (Lipinski definition) is 0. The van der Waals surface area contributed by atoms with Crippen molar-refractivity contribution in [2.45, 2.75) is 57.2 Å². The van der Waals surface area contributed by atoms with Gasteiger partial charge in [0.2, 0.25) is 0 Å². The molecule has 2 aliphatic rings. The molecular formula is C15H18BClF2O2. The maximum atomic E-state index is 13.3. The van der Waals surface area contributed by atoms with Crippen molar-refractivity contribution >= 4 is 24.2 Å². The number of hydrogen-bond acceptors (Lipinski definition) is 2. The molecule has 0 N–H and O–H groups in total. The van der Waals surface area contributed by atoms with Crippen molar-refractivity contribution in [3.05, 3.63) is 28.8 Å². The Kier molecular flexibility index (Phi) is 3.22. The summed E-state index contributed by atoms with van der Waals surface area (Å²) in [5.41, 5.74) is 0.309. The molecule has 2 fully saturated rings. The molecule has 1 aromatic rings. The summed E-state index contributed by atoms with van der Waals surface area (Å²) in [6.45, 7) is 7.81. The van der Waals surface area contributed by atoms with Crippen molar-refractivity contribution in [1.82, 2.24) is 0 Å². The fourth-order valence-electron chi connectivity index (χ4n) is 2.53. The number of alkyl halides is 2. The lowest BCUT2D eigenvalue weighted by atomic mass is 9.78. The average Bonchev–Trinajstić information content (AvgIpc) is 2.89. The summed E-state index contributed by atoms with van der Waals surface area (Å²) in [7, 11) is -0.583. The lowest BCUT2D eigenvalue weighted by molar-refractivity contribution is 0.00578. The topological polar surface area (TPSA) is 18.5 Å². The van der Waals surface area contributed by atoms with E-state index in [0.29, 0.717) is 16.0 Å². The Bertz CT molecular complexity index is 573. The van der Waals surface area contributed by atoms with Gasteiger partial charge >= 0.3 is 7.12 Å². The molecule has 1 saturated heterocycles. The van der Waals surface area contributed by atoms with E-state index in [1.807, 2.05) is 27.7 Å². The van der Waals surface area contributed by atoms with Gasteiger partial charge in [-0.05, 0) is 50.9 Å². The molecule has 1 atom stereocenters. The van der Waals surface area contributed by atoms with Gasteiger partial charge < -0.3 is 9.31 Å². The first-order chi connectivity index (χ1) is 9.52. The molecule has 1 aromatic carbocycles. The standard InChI is InChI=1S/C15H18BClF2O2/c1-13(2)14(3,4)21-16(20-13)10-5-9(6-11(17)7-10)12-8-15(12,18)19/h5-7,12H,8H2,1-4H3. The summed E-state index contributed by atoms with van der Waals surface area (Å²) < 4.78 is 38.4. The Hall–Kier alpha value is -0.645. The van der Waals surface area contributed by atoms with Crippen LogP contribution in [0.3, 0.4) is 0 Å². The molecule has 0 amide bonds. The van der Waals surface area contributed by atoms with Crippen LogP contribution in [0.2, 0.25) is 5.02 Å². The van der Waals surface area contributed by atoms with E-state index in [0.717, 1.165) is 0 Å². The molecule has 1 unspecified atom stereocenters. The van der Waals surface area contributed by atoms with E-state index in [1.54, 1.807) is 18.2 Å². The van der Waals surface area contributed by atoms with Crippen molar-refractivity contribution in [3.8, 4) is 0 Å². The number of rotatable bonds is 2. The van der Waals surface area contributed by atoms with Crippen LogP contribution in [-0.4, -0.2) is 24.2 Å². The predicted molar refractivity (Wildman–Crippen MR) is 79.5 cm³/mol. The third kappa shape index (κ3) is 2.60. The first kappa shape index (κ1) is 15.3. The van der Waals surface area contributed by atoms with Gasteiger partial charge in [0.15, 0.2) is 0 Å². The minimum atomic E-state index is -2.61. The van der Waals surface area contributed by atoms with Crippen LogP contribution < -0.4 is 5.46 Å². The van der Waals surface area contributed by atoms with E-state index in [9.17, 15) is 8.78 Å². The highest BCUT2D eigenvalue weighted by Crippen LogP contribution is 2.55. The van der Waals surface area contributed by atoms with E-state index in [2.05, 4.69) is 0 Å². The quantitative estimate of drug-likeness (QED) is 0.774. The zero-order valence-electron chi connectivity index (χ0n) is 12.5. The molecule has 3 rings (SSSR count). The monoisotopic (exact) mass is 314 g/mol. The van der Waals surface area contributed by atoms with Crippen LogP contribution >= 0.6 is 11.6 Å². The fourth-order valence-corrected chi connectivity index (χ4v) is 2.78. The van der Waals surface area contributed by atoms with Gasteiger partial charge in [0.05, 0.1) is 17.1 Å². The molecule has 1 aliphatic heterocycles. The minimum absolute atomic E-state index is 0.115. The minimum Gasteiger partial charge on any atom is -0.399 e. The lowest BCUT2D eigenvalue weighted by Crippen LogP contribution is -2.41. The van der Waals surface area contributed by atoms with E-state index in [-0.39, 0.29) is 6.42 Å². The smallest absolute Gasteiger partial charge is 0.399 e. The van der Waals surface area contributed by atoms with Gasteiger partial charge in [-0.1, -0.05) is 17.7 Å². The van der Waals surface area contributed by atoms with Crippen molar-refractivity contribution in [2.24, 2.45) is 0 Å². The number of halogens is 3. The molecule has 1 saturated carbocycles. The Balaban J connectivity index is 1.90. The van der Waals surface area contributed by atoms with E-state index in [4.69, 9.17) is 20.9 Å². The molecule has 0 spiro atoms. The van der Waals surface area contributed by atoms with Gasteiger partial charge in [-0.3, -0.25) is 0 Å². The highest BCUT2D eigenvalue weighted by molar-refractivity contribution is 6.62. The summed E-state index contributed by atoms with van der Waals surface area (Å²) in [4.78, 5) is 0. The Morgan fingerprint density at radius 3 is 2.10 bits per heavy atom. The molecule has 6 heteroatoms. The Labute approximate surface area is 128 Å². The summed E-state index contributed by atoms with van der Waals surface area (Å²) in [5.74, 6) is -3.35. The largest absolute Gasteiger partial charge is 0.494 e. The van der Waals surface area contributed by atoms with Gasteiger partial charge in [-0.2, -0.15) is 0 Å². The second-order valence-corrected chi connectivity index (χ2v) is 7.36. The third-order valence-corrected chi connectivity index (χ3v) is 4.91. The van der Waals surface area contributed by atoms with Crippen LogP contribution in [0, 0.1) is 0 Å². The van der Waals surface area contributed by atoms with Crippen LogP contribution in [-0.2, 0) is 9.31 Å². The van der Waals surface area contributed by atoms with Gasteiger partial charge in [0.1, 0.15) is 0 Å². The third-order valence-electron chi connectivity index (χ3n) is 4.70. The van der Waals surface area contributed by atoms with Crippen LogP contribution in [0.4, 0.5) is 8.78 Å². The zero-order valence-corrected chi connectivity index (χ0v) is 13.3. The van der Waals surface area contributed by atoms with E-state index < -0.39 is 30.2 Å². The first-order valence-corrected chi connectivity index (χ1v) is 7.43.